The molecule has 1 N–H and O–H groups in total. The van der Waals surface area contributed by atoms with Gasteiger partial charge in [-0.1, -0.05) is 48.0 Å². The van der Waals surface area contributed by atoms with Crippen molar-refractivity contribution in [3.05, 3.63) is 94.8 Å². The van der Waals surface area contributed by atoms with E-state index in [9.17, 15) is 4.79 Å². The van der Waals surface area contributed by atoms with E-state index in [1.807, 2.05) is 54.6 Å². The molecule has 27 heavy (non-hydrogen) atoms. The second kappa shape index (κ2) is 9.19. The van der Waals surface area contributed by atoms with Crippen molar-refractivity contribution in [2.45, 2.75) is 18.9 Å². The highest BCUT2D eigenvalue weighted by molar-refractivity contribution is 6.30. The van der Waals surface area contributed by atoms with Gasteiger partial charge in [-0.25, -0.2) is 0 Å². The molecule has 1 amide bonds. The molecule has 1 atom stereocenters. The van der Waals surface area contributed by atoms with Crippen LogP contribution in [0.15, 0.2) is 72.9 Å². The highest BCUT2D eigenvalue weighted by Crippen LogP contribution is 2.23. The van der Waals surface area contributed by atoms with Gasteiger partial charge in [0.15, 0.2) is 0 Å². The van der Waals surface area contributed by atoms with Crippen molar-refractivity contribution in [1.29, 1.82) is 0 Å². The summed E-state index contributed by atoms with van der Waals surface area (Å²) in [6.45, 7) is 0.398. The number of methoxy groups -OCH3 is 1. The van der Waals surface area contributed by atoms with Crippen LogP contribution in [0.1, 0.15) is 22.7 Å². The van der Waals surface area contributed by atoms with Crippen molar-refractivity contribution in [3.8, 4) is 5.75 Å². The van der Waals surface area contributed by atoms with E-state index in [2.05, 4.69) is 10.3 Å². The number of hydrogen-bond acceptors (Lipinski definition) is 3. The molecule has 0 saturated heterocycles. The summed E-state index contributed by atoms with van der Waals surface area (Å²) in [7, 11) is 1.62. The quantitative estimate of drug-likeness (QED) is 0.661. The number of hydrogen-bond donors (Lipinski definition) is 1. The summed E-state index contributed by atoms with van der Waals surface area (Å²) >= 11 is 6.00. The van der Waals surface area contributed by atoms with Crippen LogP contribution in [-0.4, -0.2) is 18.0 Å². The third kappa shape index (κ3) is 5.08. The monoisotopic (exact) mass is 380 g/mol. The Balaban J connectivity index is 1.78. The van der Waals surface area contributed by atoms with Gasteiger partial charge in [0, 0.05) is 35.4 Å². The molecular weight excluding hydrogens is 360 g/mol. The molecule has 0 aliphatic rings. The van der Waals surface area contributed by atoms with Crippen LogP contribution < -0.4 is 10.1 Å². The average molecular weight is 381 g/mol. The number of halogens is 1. The number of amides is 1. The van der Waals surface area contributed by atoms with Gasteiger partial charge in [-0.05, 0) is 35.9 Å². The van der Waals surface area contributed by atoms with Crippen LogP contribution in [0.3, 0.4) is 0 Å². The Hall–Kier alpha value is -2.85. The molecule has 0 saturated carbocycles. The molecule has 1 heterocycles. The second-order valence-electron chi connectivity index (χ2n) is 6.16. The van der Waals surface area contributed by atoms with E-state index in [4.69, 9.17) is 16.3 Å². The van der Waals surface area contributed by atoms with Gasteiger partial charge in [0.05, 0.1) is 13.0 Å². The van der Waals surface area contributed by atoms with Crippen LogP contribution in [0, 0.1) is 0 Å². The normalized spacial score (nSPS) is 11.6. The molecule has 0 aliphatic heterocycles. The van der Waals surface area contributed by atoms with Gasteiger partial charge >= 0.3 is 0 Å². The zero-order chi connectivity index (χ0) is 19.1. The van der Waals surface area contributed by atoms with Crippen LogP contribution in [-0.2, 0) is 17.8 Å². The molecular formula is C22H21ClN2O2. The highest BCUT2D eigenvalue weighted by atomic mass is 35.5. The van der Waals surface area contributed by atoms with Crippen molar-refractivity contribution >= 4 is 17.5 Å². The van der Waals surface area contributed by atoms with Gasteiger partial charge in [0.2, 0.25) is 5.91 Å². The number of pyridine rings is 1. The van der Waals surface area contributed by atoms with Gasteiger partial charge in [-0.2, -0.15) is 0 Å². The Morgan fingerprint density at radius 3 is 2.52 bits per heavy atom. The zero-order valence-corrected chi connectivity index (χ0v) is 15.8. The first-order valence-electron chi connectivity index (χ1n) is 8.72. The van der Waals surface area contributed by atoms with Crippen molar-refractivity contribution in [1.82, 2.24) is 10.3 Å². The third-order valence-corrected chi connectivity index (χ3v) is 4.63. The number of para-hydroxylation sites is 1. The van der Waals surface area contributed by atoms with Crippen LogP contribution in [0.25, 0.3) is 0 Å². The highest BCUT2D eigenvalue weighted by Gasteiger charge is 2.22. The lowest BCUT2D eigenvalue weighted by atomic mass is 9.93. The number of carbonyl (C=O) groups excluding carboxylic acids is 1. The van der Waals surface area contributed by atoms with Crippen LogP contribution in [0.5, 0.6) is 5.75 Å². The summed E-state index contributed by atoms with van der Waals surface area (Å²) in [5, 5.41) is 3.67. The Labute approximate surface area is 164 Å². The van der Waals surface area contributed by atoms with Crippen molar-refractivity contribution in [2.24, 2.45) is 0 Å². The van der Waals surface area contributed by atoms with Gasteiger partial charge < -0.3 is 10.1 Å². The zero-order valence-electron chi connectivity index (χ0n) is 15.1. The molecule has 0 radical (unpaired) electrons. The smallest absolute Gasteiger partial charge is 0.228 e. The number of rotatable bonds is 7. The molecule has 0 aliphatic carbocycles. The lowest BCUT2D eigenvalue weighted by Gasteiger charge is -2.18. The minimum atomic E-state index is -0.355. The van der Waals surface area contributed by atoms with Crippen molar-refractivity contribution in [3.63, 3.8) is 0 Å². The summed E-state index contributed by atoms with van der Waals surface area (Å²) < 4.78 is 5.36. The van der Waals surface area contributed by atoms with E-state index >= 15 is 0 Å². The SMILES string of the molecule is COc1ccccc1CNC(=O)C(Cc1ccccn1)c1ccc(Cl)cc1. The molecule has 0 bridgehead atoms. The molecule has 0 spiro atoms. The fraction of sp³-hybridized carbons (Fsp3) is 0.182. The Kier molecular flexibility index (Phi) is 6.44. The number of benzene rings is 2. The van der Waals surface area contributed by atoms with Gasteiger partial charge in [0.1, 0.15) is 5.75 Å². The number of carbonyl (C=O) groups is 1. The topological polar surface area (TPSA) is 51.2 Å². The lowest BCUT2D eigenvalue weighted by molar-refractivity contribution is -0.122. The first kappa shape index (κ1) is 18.9. The molecule has 0 fully saturated rings. The molecule has 3 rings (SSSR count). The van der Waals surface area contributed by atoms with Crippen molar-refractivity contribution < 1.29 is 9.53 Å². The summed E-state index contributed by atoms with van der Waals surface area (Å²) in [5.41, 5.74) is 2.70. The van der Waals surface area contributed by atoms with E-state index in [1.165, 1.54) is 0 Å². The van der Waals surface area contributed by atoms with E-state index in [0.717, 1.165) is 22.6 Å². The first-order chi connectivity index (χ1) is 13.2. The molecule has 138 valence electrons. The predicted octanol–water partition coefficient (Wildman–Crippen LogP) is 4.39. The predicted molar refractivity (Wildman–Crippen MR) is 107 cm³/mol. The summed E-state index contributed by atoms with van der Waals surface area (Å²) in [6.07, 6.45) is 2.25. The molecule has 1 aromatic heterocycles. The minimum absolute atomic E-state index is 0.0612. The standard InChI is InChI=1S/C22H21ClN2O2/c1-27-21-8-3-2-6-17(21)15-25-22(26)20(14-19-7-4-5-13-24-19)16-9-11-18(23)12-10-16/h2-13,20H,14-15H2,1H3,(H,25,26). The molecule has 3 aromatic rings. The van der Waals surface area contributed by atoms with Crippen LogP contribution in [0.2, 0.25) is 5.02 Å². The van der Waals surface area contributed by atoms with Gasteiger partial charge in [-0.15, -0.1) is 0 Å². The maximum Gasteiger partial charge on any atom is 0.228 e. The summed E-state index contributed by atoms with van der Waals surface area (Å²) in [4.78, 5) is 17.4. The summed E-state index contributed by atoms with van der Waals surface area (Å²) in [6, 6.07) is 20.7. The Morgan fingerprint density at radius 1 is 1.07 bits per heavy atom. The fourth-order valence-corrected chi connectivity index (χ4v) is 3.07. The van der Waals surface area contributed by atoms with E-state index in [-0.39, 0.29) is 11.8 Å². The number of ether oxygens (including phenoxy) is 1. The van der Waals surface area contributed by atoms with Gasteiger partial charge in [-0.3, -0.25) is 9.78 Å². The lowest BCUT2D eigenvalue weighted by Crippen LogP contribution is -2.30. The maximum absolute atomic E-state index is 13.0. The van der Waals surface area contributed by atoms with Crippen molar-refractivity contribution in [2.75, 3.05) is 7.11 Å². The van der Waals surface area contributed by atoms with E-state index < -0.39 is 0 Å². The molecule has 5 heteroatoms. The minimum Gasteiger partial charge on any atom is -0.496 e. The van der Waals surface area contributed by atoms with Crippen LogP contribution >= 0.6 is 11.6 Å². The largest absolute Gasteiger partial charge is 0.496 e. The average Bonchev–Trinajstić information content (AvgIpc) is 2.72. The first-order valence-corrected chi connectivity index (χ1v) is 9.10. The fourth-order valence-electron chi connectivity index (χ4n) is 2.94. The second-order valence-corrected chi connectivity index (χ2v) is 6.60. The number of nitrogens with one attached hydrogen (secondary N) is 1. The summed E-state index contributed by atoms with van der Waals surface area (Å²) in [5.74, 6) is 0.339. The third-order valence-electron chi connectivity index (χ3n) is 4.37. The Morgan fingerprint density at radius 2 is 1.81 bits per heavy atom. The number of aromatic nitrogens is 1. The molecule has 2 aromatic carbocycles. The maximum atomic E-state index is 13.0. The Bertz CT molecular complexity index is 882. The molecule has 4 nitrogen and oxygen atoms in total. The van der Waals surface area contributed by atoms with Crippen LogP contribution in [0.4, 0.5) is 0 Å². The van der Waals surface area contributed by atoms with Gasteiger partial charge in [0.25, 0.3) is 0 Å². The van der Waals surface area contributed by atoms with E-state index in [1.54, 1.807) is 25.4 Å². The van der Waals surface area contributed by atoms with E-state index in [0.29, 0.717) is 18.0 Å². The number of nitrogens with zero attached hydrogens (tertiary/aromatic N) is 1. The molecule has 1 unspecified atom stereocenters.